The Morgan fingerprint density at radius 2 is 1.74 bits per heavy atom. The van der Waals surface area contributed by atoms with E-state index in [1.165, 1.54) is 5.56 Å². The van der Waals surface area contributed by atoms with Crippen molar-refractivity contribution in [2.45, 2.75) is 19.8 Å². The molecular weight excluding hydrogens is 234 g/mol. The number of rotatable bonds is 6. The van der Waals surface area contributed by atoms with Crippen molar-refractivity contribution in [1.82, 2.24) is 4.98 Å². The first-order chi connectivity index (χ1) is 9.29. The smallest absolute Gasteiger partial charge is 0.0547 e. The molecule has 0 saturated carbocycles. The van der Waals surface area contributed by atoms with Crippen LogP contribution in [0.4, 0.5) is 11.4 Å². The molecule has 0 aliphatic rings. The third-order valence-electron chi connectivity index (χ3n) is 3.10. The minimum absolute atomic E-state index is 0.476. The molecule has 2 rings (SSSR count). The van der Waals surface area contributed by atoms with Gasteiger partial charge in [0.25, 0.3) is 0 Å². The predicted octanol–water partition coefficient (Wildman–Crippen LogP) is 3.73. The average molecular weight is 255 g/mol. The van der Waals surface area contributed by atoms with Crippen molar-refractivity contribution in [2.75, 3.05) is 23.7 Å². The number of aromatic nitrogens is 1. The second kappa shape index (κ2) is 6.78. The highest BCUT2D eigenvalue weighted by Crippen LogP contribution is 2.17. The summed E-state index contributed by atoms with van der Waals surface area (Å²) in [7, 11) is 0. The van der Waals surface area contributed by atoms with E-state index >= 15 is 0 Å². The first-order valence-electron chi connectivity index (χ1n) is 6.77. The molecule has 1 unspecified atom stereocenters. The Hall–Kier alpha value is -2.03. The number of nitrogens with one attached hydrogen (secondary N) is 2. The number of hydrogen-bond donors (Lipinski definition) is 2. The van der Waals surface area contributed by atoms with Crippen LogP contribution in [-0.2, 0) is 0 Å². The Morgan fingerprint density at radius 3 is 2.42 bits per heavy atom. The van der Waals surface area contributed by atoms with Crippen LogP contribution in [-0.4, -0.2) is 18.1 Å². The molecule has 0 fully saturated rings. The monoisotopic (exact) mass is 255 g/mol. The molecule has 0 aliphatic carbocycles. The summed E-state index contributed by atoms with van der Waals surface area (Å²) in [5.41, 5.74) is 3.46. The summed E-state index contributed by atoms with van der Waals surface area (Å²) in [6.07, 6.45) is 3.70. The zero-order valence-corrected chi connectivity index (χ0v) is 11.6. The fourth-order valence-corrected chi connectivity index (χ4v) is 2.01. The molecule has 3 heteroatoms. The highest BCUT2D eigenvalue weighted by atomic mass is 14.9. The Labute approximate surface area is 115 Å². The molecule has 2 N–H and O–H groups in total. The van der Waals surface area contributed by atoms with Gasteiger partial charge in [0.1, 0.15) is 0 Å². The number of anilines is 2. The van der Waals surface area contributed by atoms with Gasteiger partial charge in [0.05, 0.1) is 23.8 Å². The molecule has 0 bridgehead atoms. The summed E-state index contributed by atoms with van der Waals surface area (Å²) in [5, 5.41) is 6.70. The molecule has 1 aromatic carbocycles. The molecule has 0 spiro atoms. The van der Waals surface area contributed by atoms with Crippen molar-refractivity contribution in [3.8, 4) is 0 Å². The van der Waals surface area contributed by atoms with Crippen LogP contribution in [0.2, 0.25) is 0 Å². The van der Waals surface area contributed by atoms with Crippen LogP contribution < -0.4 is 10.6 Å². The molecule has 0 radical (unpaired) electrons. The van der Waals surface area contributed by atoms with Crippen LogP contribution in [0.3, 0.4) is 0 Å². The molecular formula is C16H21N3. The Morgan fingerprint density at radius 1 is 1.05 bits per heavy atom. The molecule has 1 atom stereocenters. The summed E-state index contributed by atoms with van der Waals surface area (Å²) < 4.78 is 0. The SMILES string of the molecule is CCNc1cncc(NCC(C)c2ccccc2)c1. The van der Waals surface area contributed by atoms with Crippen LogP contribution in [0, 0.1) is 0 Å². The lowest BCUT2D eigenvalue weighted by Crippen LogP contribution is -2.10. The second-order valence-corrected chi connectivity index (χ2v) is 4.69. The average Bonchev–Trinajstić information content (AvgIpc) is 2.46. The Kier molecular flexibility index (Phi) is 4.78. The van der Waals surface area contributed by atoms with Crippen LogP contribution in [0.25, 0.3) is 0 Å². The molecule has 0 amide bonds. The van der Waals surface area contributed by atoms with E-state index in [0.717, 1.165) is 24.5 Å². The number of hydrogen-bond acceptors (Lipinski definition) is 3. The first kappa shape index (κ1) is 13.4. The van der Waals surface area contributed by atoms with Gasteiger partial charge in [0.2, 0.25) is 0 Å². The van der Waals surface area contributed by atoms with Gasteiger partial charge in [-0.05, 0) is 24.5 Å². The van der Waals surface area contributed by atoms with Gasteiger partial charge in [-0.3, -0.25) is 4.98 Å². The predicted molar refractivity (Wildman–Crippen MR) is 81.7 cm³/mol. The minimum atomic E-state index is 0.476. The maximum Gasteiger partial charge on any atom is 0.0547 e. The zero-order valence-electron chi connectivity index (χ0n) is 11.6. The van der Waals surface area contributed by atoms with Gasteiger partial charge in [-0.25, -0.2) is 0 Å². The van der Waals surface area contributed by atoms with E-state index in [0.29, 0.717) is 5.92 Å². The molecule has 0 aliphatic heterocycles. The quantitative estimate of drug-likeness (QED) is 0.826. The first-order valence-corrected chi connectivity index (χ1v) is 6.77. The van der Waals surface area contributed by atoms with Gasteiger partial charge < -0.3 is 10.6 Å². The molecule has 0 saturated heterocycles. The second-order valence-electron chi connectivity index (χ2n) is 4.69. The lowest BCUT2D eigenvalue weighted by Gasteiger charge is -2.14. The van der Waals surface area contributed by atoms with Gasteiger partial charge in [-0.15, -0.1) is 0 Å². The molecule has 100 valence electrons. The van der Waals surface area contributed by atoms with Gasteiger partial charge >= 0.3 is 0 Å². The summed E-state index contributed by atoms with van der Waals surface area (Å²) in [6, 6.07) is 12.6. The Balaban J connectivity index is 1.93. The summed E-state index contributed by atoms with van der Waals surface area (Å²) in [5.74, 6) is 0.476. The highest BCUT2D eigenvalue weighted by Gasteiger charge is 2.04. The normalized spacial score (nSPS) is 11.9. The van der Waals surface area contributed by atoms with Crippen molar-refractivity contribution in [3.05, 3.63) is 54.4 Å². The lowest BCUT2D eigenvalue weighted by molar-refractivity contribution is 0.804. The van der Waals surface area contributed by atoms with E-state index in [1.54, 1.807) is 0 Å². The van der Waals surface area contributed by atoms with E-state index < -0.39 is 0 Å². The van der Waals surface area contributed by atoms with E-state index in [4.69, 9.17) is 0 Å². The van der Waals surface area contributed by atoms with Crippen LogP contribution >= 0.6 is 0 Å². The fourth-order valence-electron chi connectivity index (χ4n) is 2.01. The van der Waals surface area contributed by atoms with Gasteiger partial charge in [0, 0.05) is 13.1 Å². The standard InChI is InChI=1S/C16H21N3/c1-3-18-15-9-16(12-17-11-15)19-10-13(2)14-7-5-4-6-8-14/h4-9,11-13,18-19H,3,10H2,1-2H3. The summed E-state index contributed by atoms with van der Waals surface area (Å²) >= 11 is 0. The van der Waals surface area contributed by atoms with E-state index in [-0.39, 0.29) is 0 Å². The largest absolute Gasteiger partial charge is 0.384 e. The zero-order chi connectivity index (χ0) is 13.5. The molecule has 3 nitrogen and oxygen atoms in total. The Bertz CT molecular complexity index is 496. The topological polar surface area (TPSA) is 37.0 Å². The van der Waals surface area contributed by atoms with Crippen LogP contribution in [0.15, 0.2) is 48.8 Å². The van der Waals surface area contributed by atoms with Crippen LogP contribution in [0.5, 0.6) is 0 Å². The highest BCUT2D eigenvalue weighted by molar-refractivity contribution is 5.54. The molecule has 1 aromatic heterocycles. The maximum absolute atomic E-state index is 4.23. The van der Waals surface area contributed by atoms with Crippen molar-refractivity contribution < 1.29 is 0 Å². The van der Waals surface area contributed by atoms with Crippen molar-refractivity contribution in [2.24, 2.45) is 0 Å². The van der Waals surface area contributed by atoms with Gasteiger partial charge in [0.15, 0.2) is 0 Å². The lowest BCUT2D eigenvalue weighted by atomic mass is 10.0. The summed E-state index contributed by atoms with van der Waals surface area (Å²) in [4.78, 5) is 4.23. The van der Waals surface area contributed by atoms with Gasteiger partial charge in [-0.2, -0.15) is 0 Å². The maximum atomic E-state index is 4.23. The van der Waals surface area contributed by atoms with Crippen molar-refractivity contribution >= 4 is 11.4 Å². The third kappa shape index (κ3) is 3.98. The molecule has 19 heavy (non-hydrogen) atoms. The van der Waals surface area contributed by atoms with Crippen molar-refractivity contribution in [3.63, 3.8) is 0 Å². The van der Waals surface area contributed by atoms with E-state index in [9.17, 15) is 0 Å². The molecule has 2 aromatic rings. The van der Waals surface area contributed by atoms with Crippen LogP contribution in [0.1, 0.15) is 25.3 Å². The number of benzene rings is 1. The minimum Gasteiger partial charge on any atom is -0.384 e. The fraction of sp³-hybridized carbons (Fsp3) is 0.312. The number of pyridine rings is 1. The van der Waals surface area contributed by atoms with Gasteiger partial charge in [-0.1, -0.05) is 37.3 Å². The third-order valence-corrected chi connectivity index (χ3v) is 3.10. The molecule has 1 heterocycles. The van der Waals surface area contributed by atoms with Crippen molar-refractivity contribution in [1.29, 1.82) is 0 Å². The van der Waals surface area contributed by atoms with E-state index in [2.05, 4.69) is 59.8 Å². The summed E-state index contributed by atoms with van der Waals surface area (Å²) in [6.45, 7) is 6.12. The van der Waals surface area contributed by atoms with E-state index in [1.807, 2.05) is 18.5 Å². The number of nitrogens with zero attached hydrogens (tertiary/aromatic N) is 1.